The molecule has 0 radical (unpaired) electrons. The molecule has 1 amide bonds. The molecule has 1 saturated carbocycles. The molecular weight excluding hydrogens is 460 g/mol. The maximum atomic E-state index is 13.9. The molecule has 0 aliphatic heterocycles. The number of nitrogens with zero attached hydrogens (tertiary/aromatic N) is 1. The fraction of sp³-hybridized carbons (Fsp3) is 0.214. The summed E-state index contributed by atoms with van der Waals surface area (Å²) in [5, 5.41) is 0.469. The lowest BCUT2D eigenvalue weighted by atomic mass is 9.88. The van der Waals surface area contributed by atoms with Gasteiger partial charge >= 0.3 is 0 Å². The summed E-state index contributed by atoms with van der Waals surface area (Å²) in [6.45, 7) is 3.79. The van der Waals surface area contributed by atoms with Gasteiger partial charge in [-0.25, -0.2) is 13.1 Å². The number of ether oxygens (including phenoxy) is 1. The topological polar surface area (TPSA) is 85.4 Å². The third-order valence-electron chi connectivity index (χ3n) is 6.75. The fourth-order valence-electron chi connectivity index (χ4n) is 4.92. The summed E-state index contributed by atoms with van der Waals surface area (Å²) < 4.78 is 35.0. The third kappa shape index (κ3) is 3.96. The Balaban J connectivity index is 1.59. The van der Waals surface area contributed by atoms with Crippen LogP contribution in [0.4, 0.5) is 0 Å². The molecule has 35 heavy (non-hydrogen) atoms. The van der Waals surface area contributed by atoms with E-state index in [1.165, 1.54) is 6.07 Å². The second-order valence-electron chi connectivity index (χ2n) is 9.05. The van der Waals surface area contributed by atoms with E-state index in [0.29, 0.717) is 28.6 Å². The highest BCUT2D eigenvalue weighted by Crippen LogP contribution is 2.62. The molecule has 1 heterocycles. The lowest BCUT2D eigenvalue weighted by Gasteiger charge is -2.21. The number of fused-ring (bicyclic) bond motifs is 1. The molecular formula is C28H26N2O4S. The summed E-state index contributed by atoms with van der Waals surface area (Å²) >= 11 is 0. The zero-order valence-electron chi connectivity index (χ0n) is 19.8. The molecule has 7 heteroatoms. The second kappa shape index (κ2) is 8.50. The van der Waals surface area contributed by atoms with Crippen LogP contribution >= 0.6 is 0 Å². The maximum Gasteiger partial charge on any atom is 0.264 e. The average Bonchev–Trinajstić information content (AvgIpc) is 3.61. The largest absolute Gasteiger partial charge is 0.496 e. The van der Waals surface area contributed by atoms with Crippen LogP contribution in [0.3, 0.4) is 0 Å². The zero-order chi connectivity index (χ0) is 24.8. The van der Waals surface area contributed by atoms with Crippen LogP contribution in [0.2, 0.25) is 0 Å². The number of rotatable bonds is 6. The van der Waals surface area contributed by atoms with Gasteiger partial charge in [-0.3, -0.25) is 9.78 Å². The number of carbonyl (C=O) groups is 1. The first-order valence-corrected chi connectivity index (χ1v) is 12.9. The summed E-state index contributed by atoms with van der Waals surface area (Å²) in [6, 6.07) is 23.7. The van der Waals surface area contributed by atoms with Crippen molar-refractivity contribution in [3.8, 4) is 5.75 Å². The van der Waals surface area contributed by atoms with Crippen molar-refractivity contribution in [2.24, 2.45) is 0 Å². The van der Waals surface area contributed by atoms with Crippen LogP contribution in [0.15, 0.2) is 83.8 Å². The van der Waals surface area contributed by atoms with E-state index >= 15 is 0 Å². The highest BCUT2D eigenvalue weighted by molar-refractivity contribution is 7.90. The van der Waals surface area contributed by atoms with Crippen LogP contribution < -0.4 is 9.46 Å². The summed E-state index contributed by atoms with van der Waals surface area (Å²) in [4.78, 5) is 18.4. The highest BCUT2D eigenvalue weighted by atomic mass is 32.2. The molecule has 1 unspecified atom stereocenters. The van der Waals surface area contributed by atoms with E-state index in [0.717, 1.165) is 16.8 Å². The minimum atomic E-state index is -4.17. The Morgan fingerprint density at radius 1 is 1.00 bits per heavy atom. The minimum Gasteiger partial charge on any atom is -0.496 e. The molecule has 6 nitrogen and oxygen atoms in total. The number of hydrogen-bond acceptors (Lipinski definition) is 5. The molecule has 1 N–H and O–H groups in total. The van der Waals surface area contributed by atoms with E-state index in [1.807, 2.05) is 62.4 Å². The van der Waals surface area contributed by atoms with Gasteiger partial charge in [0.1, 0.15) is 5.75 Å². The molecule has 5 rings (SSSR count). The van der Waals surface area contributed by atoms with Crippen molar-refractivity contribution in [2.75, 3.05) is 7.11 Å². The lowest BCUT2D eigenvalue weighted by molar-refractivity contribution is -0.122. The van der Waals surface area contributed by atoms with Crippen molar-refractivity contribution in [3.05, 3.63) is 101 Å². The number of sulfonamides is 1. The zero-order valence-corrected chi connectivity index (χ0v) is 20.6. The average molecular weight is 487 g/mol. The summed E-state index contributed by atoms with van der Waals surface area (Å²) in [5.41, 5.74) is 2.91. The molecule has 1 fully saturated rings. The summed E-state index contributed by atoms with van der Waals surface area (Å²) in [6.07, 6.45) is 0.481. The van der Waals surface area contributed by atoms with Crippen molar-refractivity contribution in [1.29, 1.82) is 0 Å². The van der Waals surface area contributed by atoms with Gasteiger partial charge in [-0.2, -0.15) is 0 Å². The maximum absolute atomic E-state index is 13.9. The lowest BCUT2D eigenvalue weighted by Crippen LogP contribution is -2.40. The number of carbonyl (C=O) groups excluding carboxylic acids is 1. The molecule has 0 spiro atoms. The van der Waals surface area contributed by atoms with Gasteiger partial charge in [0.05, 0.1) is 22.9 Å². The van der Waals surface area contributed by atoms with E-state index in [-0.39, 0.29) is 10.8 Å². The minimum absolute atomic E-state index is 0.0270. The standard InChI is InChI=1S/C28H26N2O4S/c1-18-12-15-25(34-3)22(16-18)28(17-23(28)20-8-5-4-6-9-20)27(31)30-35(32,33)26-11-7-10-24-21(26)14-13-19(2)29-24/h4-16,23H,17H2,1-3H3,(H,30,31)/t23-,28?/m1/s1. The van der Waals surface area contributed by atoms with Gasteiger partial charge in [-0.15, -0.1) is 0 Å². The second-order valence-corrected chi connectivity index (χ2v) is 10.7. The van der Waals surface area contributed by atoms with Gasteiger partial charge in [-0.1, -0.05) is 54.1 Å². The molecule has 1 aromatic heterocycles. The number of amides is 1. The van der Waals surface area contributed by atoms with Crippen LogP contribution in [0.25, 0.3) is 10.9 Å². The number of aromatic nitrogens is 1. The molecule has 3 aromatic carbocycles. The predicted molar refractivity (Wildman–Crippen MR) is 135 cm³/mol. The fourth-order valence-corrected chi connectivity index (χ4v) is 6.18. The molecule has 178 valence electrons. The molecule has 2 atom stereocenters. The van der Waals surface area contributed by atoms with Gasteiger partial charge in [0.25, 0.3) is 10.0 Å². The normalized spacial score (nSPS) is 19.3. The first-order valence-electron chi connectivity index (χ1n) is 11.4. The number of aryl methyl sites for hydroxylation is 2. The van der Waals surface area contributed by atoms with Crippen LogP contribution in [0.1, 0.15) is 34.7 Å². The van der Waals surface area contributed by atoms with Gasteiger partial charge in [-0.05, 0) is 56.2 Å². The molecule has 1 aliphatic carbocycles. The van der Waals surface area contributed by atoms with E-state index in [9.17, 15) is 13.2 Å². The van der Waals surface area contributed by atoms with Gasteiger partial charge < -0.3 is 4.74 Å². The van der Waals surface area contributed by atoms with Crippen LogP contribution in [-0.2, 0) is 20.2 Å². The van der Waals surface area contributed by atoms with Crippen LogP contribution in [0.5, 0.6) is 5.75 Å². The molecule has 0 bridgehead atoms. The Labute approximate surface area is 205 Å². The number of pyridine rings is 1. The number of nitrogens with one attached hydrogen (secondary N) is 1. The smallest absolute Gasteiger partial charge is 0.264 e. The Kier molecular flexibility index (Phi) is 5.60. The van der Waals surface area contributed by atoms with Crippen LogP contribution in [0, 0.1) is 13.8 Å². The predicted octanol–water partition coefficient (Wildman–Crippen LogP) is 4.79. The Hall–Kier alpha value is -3.71. The van der Waals surface area contributed by atoms with Gasteiger partial charge in [0.15, 0.2) is 0 Å². The van der Waals surface area contributed by atoms with Crippen molar-refractivity contribution < 1.29 is 17.9 Å². The number of hydrogen-bond donors (Lipinski definition) is 1. The van der Waals surface area contributed by atoms with Crippen molar-refractivity contribution >= 4 is 26.8 Å². The Bertz CT molecular complexity index is 1550. The first-order chi connectivity index (χ1) is 16.8. The van der Waals surface area contributed by atoms with Gasteiger partial charge in [0, 0.05) is 22.6 Å². The van der Waals surface area contributed by atoms with Crippen molar-refractivity contribution in [2.45, 2.75) is 36.5 Å². The van der Waals surface area contributed by atoms with E-state index in [2.05, 4.69) is 9.71 Å². The summed E-state index contributed by atoms with van der Waals surface area (Å²) in [5.74, 6) is -0.176. The van der Waals surface area contributed by atoms with E-state index < -0.39 is 21.3 Å². The SMILES string of the molecule is COc1ccc(C)cc1C1(C(=O)NS(=O)(=O)c2cccc3nc(C)ccc23)C[C@@H]1c1ccccc1. The molecule has 1 aliphatic rings. The highest BCUT2D eigenvalue weighted by Gasteiger charge is 2.63. The molecule has 0 saturated heterocycles. The Morgan fingerprint density at radius 2 is 1.77 bits per heavy atom. The quantitative estimate of drug-likeness (QED) is 0.424. The Morgan fingerprint density at radius 3 is 2.51 bits per heavy atom. The summed E-state index contributed by atoms with van der Waals surface area (Å²) in [7, 11) is -2.61. The first kappa shape index (κ1) is 23.1. The van der Waals surface area contributed by atoms with Crippen LogP contribution in [-0.4, -0.2) is 26.4 Å². The van der Waals surface area contributed by atoms with Gasteiger partial charge in [0.2, 0.25) is 5.91 Å². The number of benzene rings is 3. The van der Waals surface area contributed by atoms with E-state index in [1.54, 1.807) is 31.4 Å². The third-order valence-corrected chi connectivity index (χ3v) is 8.14. The van der Waals surface area contributed by atoms with Crippen molar-refractivity contribution in [3.63, 3.8) is 0 Å². The monoisotopic (exact) mass is 486 g/mol. The van der Waals surface area contributed by atoms with E-state index in [4.69, 9.17) is 4.74 Å². The number of methoxy groups -OCH3 is 1. The van der Waals surface area contributed by atoms with Crippen molar-refractivity contribution in [1.82, 2.24) is 9.71 Å². The molecule has 4 aromatic rings.